The van der Waals surface area contributed by atoms with Gasteiger partial charge in [-0.2, -0.15) is 0 Å². The van der Waals surface area contributed by atoms with Crippen molar-refractivity contribution in [1.29, 1.82) is 0 Å². The normalized spacial score (nSPS) is 10.5. The van der Waals surface area contributed by atoms with Gasteiger partial charge >= 0.3 is 0 Å². The van der Waals surface area contributed by atoms with Crippen LogP contribution in [0.4, 0.5) is 0 Å². The number of fused-ring (bicyclic) bond motifs is 1. The summed E-state index contributed by atoms with van der Waals surface area (Å²) in [7, 11) is 0. The molecule has 76 valence electrons. The number of aryl methyl sites for hydroxylation is 1. The van der Waals surface area contributed by atoms with Gasteiger partial charge < -0.3 is 0 Å². The minimum Gasteiger partial charge on any atom is -0.300 e. The van der Waals surface area contributed by atoms with Crippen LogP contribution in [0.15, 0.2) is 30.3 Å². The molecule has 0 aliphatic rings. The molecule has 2 rings (SSSR count). The third kappa shape index (κ3) is 2.21. The third-order valence-corrected chi connectivity index (χ3v) is 2.35. The van der Waals surface area contributed by atoms with E-state index in [4.69, 9.17) is 0 Å². The molecule has 0 aliphatic carbocycles. The molecule has 0 N–H and O–H groups in total. The maximum absolute atomic E-state index is 11.0. The number of carbonyl (C=O) groups is 1. The predicted molar refractivity (Wildman–Crippen MR) is 60.9 cm³/mol. The van der Waals surface area contributed by atoms with Gasteiger partial charge in [-0.1, -0.05) is 18.2 Å². The largest absolute Gasteiger partial charge is 0.300 e. The lowest BCUT2D eigenvalue weighted by Gasteiger charge is -2.02. The van der Waals surface area contributed by atoms with E-state index in [2.05, 4.69) is 11.1 Å². The first-order valence-corrected chi connectivity index (χ1v) is 5.01. The summed E-state index contributed by atoms with van der Waals surface area (Å²) in [5, 5.41) is 1.12. The molecular weight excluding hydrogens is 186 g/mol. The number of benzene rings is 1. The van der Waals surface area contributed by atoms with Gasteiger partial charge in [-0.25, -0.2) is 0 Å². The fraction of sp³-hybridized carbons (Fsp3) is 0.231. The van der Waals surface area contributed by atoms with Gasteiger partial charge in [0.05, 0.1) is 5.52 Å². The van der Waals surface area contributed by atoms with Gasteiger partial charge in [0, 0.05) is 17.5 Å². The van der Waals surface area contributed by atoms with E-state index < -0.39 is 0 Å². The Balaban J connectivity index is 2.49. The first-order chi connectivity index (χ1) is 7.15. The van der Waals surface area contributed by atoms with Crippen LogP contribution in [0.1, 0.15) is 18.2 Å². The summed E-state index contributed by atoms with van der Waals surface area (Å²) >= 11 is 0. The molecule has 0 bridgehead atoms. The predicted octanol–water partition coefficient (Wildman–Crippen LogP) is 2.67. The van der Waals surface area contributed by atoms with Crippen LogP contribution in [0, 0.1) is 6.92 Å². The van der Waals surface area contributed by atoms with Gasteiger partial charge in [-0.15, -0.1) is 0 Å². The van der Waals surface area contributed by atoms with Gasteiger partial charge in [-0.3, -0.25) is 9.78 Å². The molecule has 0 spiro atoms. The van der Waals surface area contributed by atoms with Crippen LogP contribution in [-0.2, 0) is 11.2 Å². The van der Waals surface area contributed by atoms with Crippen LogP contribution in [-0.4, -0.2) is 10.8 Å². The fourth-order valence-electron chi connectivity index (χ4n) is 1.66. The molecule has 1 aromatic carbocycles. The van der Waals surface area contributed by atoms with Crippen LogP contribution in [0.5, 0.6) is 0 Å². The van der Waals surface area contributed by atoms with Crippen molar-refractivity contribution in [3.63, 3.8) is 0 Å². The number of nitrogens with zero attached hydrogens (tertiary/aromatic N) is 1. The van der Waals surface area contributed by atoms with Gasteiger partial charge in [0.1, 0.15) is 5.78 Å². The van der Waals surface area contributed by atoms with Crippen molar-refractivity contribution < 1.29 is 4.79 Å². The summed E-state index contributed by atoms with van der Waals surface area (Å²) in [5.74, 6) is 0.182. The van der Waals surface area contributed by atoms with Gasteiger partial charge in [0.15, 0.2) is 0 Å². The number of pyridine rings is 1. The maximum atomic E-state index is 11.0. The molecule has 2 nitrogen and oxygen atoms in total. The minimum atomic E-state index is 0.182. The lowest BCUT2D eigenvalue weighted by atomic mass is 10.1. The Bertz CT molecular complexity index is 517. The van der Waals surface area contributed by atoms with E-state index in [-0.39, 0.29) is 5.78 Å². The molecule has 2 aromatic rings. The lowest BCUT2D eigenvalue weighted by molar-refractivity contribution is -0.116. The second kappa shape index (κ2) is 3.81. The molecule has 0 radical (unpaired) electrons. The average Bonchev–Trinajstić information content (AvgIpc) is 2.16. The highest BCUT2D eigenvalue weighted by Gasteiger charge is 2.00. The number of Topliss-reactive ketones (excluding diaryl/α,β-unsaturated/α-hetero) is 1. The summed E-state index contributed by atoms with van der Waals surface area (Å²) in [6, 6.07) is 10.0. The minimum absolute atomic E-state index is 0.182. The first kappa shape index (κ1) is 9.84. The molecule has 15 heavy (non-hydrogen) atoms. The standard InChI is InChI=1S/C13H13NO/c1-9-3-5-12-6-4-11(7-10(2)15)8-13(12)14-9/h3-6,8H,7H2,1-2H3. The summed E-state index contributed by atoms with van der Waals surface area (Å²) in [5.41, 5.74) is 3.00. The summed E-state index contributed by atoms with van der Waals surface area (Å²) < 4.78 is 0. The number of ketones is 1. The summed E-state index contributed by atoms with van der Waals surface area (Å²) in [6.45, 7) is 3.57. The highest BCUT2D eigenvalue weighted by molar-refractivity contribution is 5.83. The molecule has 0 saturated heterocycles. The SMILES string of the molecule is CC(=O)Cc1ccc2ccc(C)nc2c1. The van der Waals surface area contributed by atoms with Crippen molar-refractivity contribution in [2.24, 2.45) is 0 Å². The zero-order valence-corrected chi connectivity index (χ0v) is 8.95. The maximum Gasteiger partial charge on any atom is 0.134 e. The number of hydrogen-bond acceptors (Lipinski definition) is 2. The van der Waals surface area contributed by atoms with E-state index in [9.17, 15) is 4.79 Å². The highest BCUT2D eigenvalue weighted by Crippen LogP contribution is 2.15. The zero-order chi connectivity index (χ0) is 10.8. The van der Waals surface area contributed by atoms with Crippen molar-refractivity contribution in [1.82, 2.24) is 4.98 Å². The van der Waals surface area contributed by atoms with Crippen LogP contribution in [0.25, 0.3) is 10.9 Å². The van der Waals surface area contributed by atoms with E-state index >= 15 is 0 Å². The van der Waals surface area contributed by atoms with E-state index in [0.717, 1.165) is 22.2 Å². The Morgan fingerprint density at radius 3 is 2.73 bits per heavy atom. The van der Waals surface area contributed by atoms with Crippen molar-refractivity contribution in [3.05, 3.63) is 41.6 Å². The highest BCUT2D eigenvalue weighted by atomic mass is 16.1. The van der Waals surface area contributed by atoms with Crippen molar-refractivity contribution >= 4 is 16.7 Å². The molecule has 1 heterocycles. The lowest BCUT2D eigenvalue weighted by Crippen LogP contribution is -1.96. The smallest absolute Gasteiger partial charge is 0.134 e. The van der Waals surface area contributed by atoms with E-state index in [1.54, 1.807) is 6.92 Å². The average molecular weight is 199 g/mol. The van der Waals surface area contributed by atoms with Crippen molar-refractivity contribution in [2.75, 3.05) is 0 Å². The number of carbonyl (C=O) groups excluding carboxylic acids is 1. The second-order valence-corrected chi connectivity index (χ2v) is 3.86. The summed E-state index contributed by atoms with van der Waals surface area (Å²) in [4.78, 5) is 15.4. The van der Waals surface area contributed by atoms with Gasteiger partial charge in [0.25, 0.3) is 0 Å². The van der Waals surface area contributed by atoms with Crippen molar-refractivity contribution in [3.8, 4) is 0 Å². The number of rotatable bonds is 2. The van der Waals surface area contributed by atoms with Crippen LogP contribution in [0.3, 0.4) is 0 Å². The Kier molecular flexibility index (Phi) is 2.50. The Morgan fingerprint density at radius 1 is 1.27 bits per heavy atom. The second-order valence-electron chi connectivity index (χ2n) is 3.86. The van der Waals surface area contributed by atoms with E-state index in [0.29, 0.717) is 6.42 Å². The van der Waals surface area contributed by atoms with Crippen molar-refractivity contribution in [2.45, 2.75) is 20.3 Å². The van der Waals surface area contributed by atoms with Gasteiger partial charge in [0.2, 0.25) is 0 Å². The Morgan fingerprint density at radius 2 is 2.00 bits per heavy atom. The van der Waals surface area contributed by atoms with Crippen LogP contribution < -0.4 is 0 Å². The molecule has 0 atom stereocenters. The van der Waals surface area contributed by atoms with E-state index in [1.807, 2.05) is 31.2 Å². The molecule has 0 aliphatic heterocycles. The molecule has 1 aromatic heterocycles. The summed E-state index contributed by atoms with van der Waals surface area (Å²) in [6.07, 6.45) is 0.492. The molecule has 0 saturated carbocycles. The number of aromatic nitrogens is 1. The molecule has 0 unspecified atom stereocenters. The first-order valence-electron chi connectivity index (χ1n) is 5.01. The fourth-order valence-corrected chi connectivity index (χ4v) is 1.66. The van der Waals surface area contributed by atoms with Crippen LogP contribution in [0.2, 0.25) is 0 Å². The van der Waals surface area contributed by atoms with E-state index in [1.165, 1.54) is 0 Å². The molecule has 2 heteroatoms. The molecule has 0 amide bonds. The van der Waals surface area contributed by atoms with Gasteiger partial charge in [-0.05, 0) is 31.5 Å². The number of hydrogen-bond donors (Lipinski definition) is 0. The molecular formula is C13H13NO. The quantitative estimate of drug-likeness (QED) is 0.744. The molecule has 0 fully saturated rings. The monoisotopic (exact) mass is 199 g/mol. The third-order valence-electron chi connectivity index (χ3n) is 2.35. The Hall–Kier alpha value is -1.70. The Labute approximate surface area is 89.0 Å². The zero-order valence-electron chi connectivity index (χ0n) is 8.95. The van der Waals surface area contributed by atoms with Crippen LogP contribution >= 0.6 is 0 Å². The topological polar surface area (TPSA) is 30.0 Å².